The predicted octanol–water partition coefficient (Wildman–Crippen LogP) is -0.177. The maximum absolute atomic E-state index is 12.7. The average Bonchev–Trinajstić information content (AvgIpc) is 3.16. The van der Waals surface area contributed by atoms with E-state index >= 15 is 0 Å². The van der Waals surface area contributed by atoms with Crippen molar-refractivity contribution < 1.29 is 28.9 Å². The fourth-order valence-electron chi connectivity index (χ4n) is 3.58. The first kappa shape index (κ1) is 16.9. The van der Waals surface area contributed by atoms with Crippen molar-refractivity contribution in [1.82, 2.24) is 0 Å². The van der Waals surface area contributed by atoms with E-state index in [0.29, 0.717) is 29.2 Å². The SMILES string of the molecule is Cc1ccc(/C=C2\Oc3c(ccc(O)c3C[NH+]3CC[NH+](C)CC3)C2=O)o1. The fourth-order valence-corrected chi connectivity index (χ4v) is 3.58. The second-order valence-electron chi connectivity index (χ2n) is 7.21. The summed E-state index contributed by atoms with van der Waals surface area (Å²) in [5.41, 5.74) is 1.22. The summed E-state index contributed by atoms with van der Waals surface area (Å²) in [5, 5.41) is 10.4. The van der Waals surface area contributed by atoms with E-state index in [0.717, 1.165) is 31.9 Å². The first-order chi connectivity index (χ1) is 12.5. The minimum atomic E-state index is -0.173. The van der Waals surface area contributed by atoms with Gasteiger partial charge >= 0.3 is 0 Å². The molecule has 0 bridgehead atoms. The molecule has 3 N–H and O–H groups in total. The first-order valence-electron chi connectivity index (χ1n) is 9.01. The highest BCUT2D eigenvalue weighted by molar-refractivity contribution is 6.14. The molecule has 0 radical (unpaired) electrons. The zero-order valence-electron chi connectivity index (χ0n) is 15.1. The molecule has 0 aliphatic carbocycles. The Morgan fingerprint density at radius 2 is 1.92 bits per heavy atom. The number of carbonyl (C=O) groups is 1. The summed E-state index contributed by atoms with van der Waals surface area (Å²) in [4.78, 5) is 15.6. The van der Waals surface area contributed by atoms with Crippen molar-refractivity contribution >= 4 is 11.9 Å². The van der Waals surface area contributed by atoms with E-state index in [4.69, 9.17) is 9.15 Å². The third-order valence-corrected chi connectivity index (χ3v) is 5.19. The monoisotopic (exact) mass is 356 g/mol. The molecule has 0 unspecified atom stereocenters. The number of phenolic OH excluding ortho intramolecular Hbond substituents is 1. The number of fused-ring (bicyclic) bond motifs is 1. The van der Waals surface area contributed by atoms with Gasteiger partial charge in [-0.15, -0.1) is 0 Å². The first-order valence-corrected chi connectivity index (χ1v) is 9.01. The molecule has 26 heavy (non-hydrogen) atoms. The number of phenols is 1. The summed E-state index contributed by atoms with van der Waals surface area (Å²) < 4.78 is 11.4. The Bertz CT molecular complexity index is 876. The van der Waals surface area contributed by atoms with Crippen molar-refractivity contribution in [3.05, 3.63) is 52.7 Å². The topological polar surface area (TPSA) is 68.5 Å². The van der Waals surface area contributed by atoms with E-state index in [1.165, 1.54) is 9.80 Å². The largest absolute Gasteiger partial charge is 0.507 e. The molecule has 0 saturated carbocycles. The Kier molecular flexibility index (Phi) is 4.30. The van der Waals surface area contributed by atoms with Crippen molar-refractivity contribution in [3.8, 4) is 11.5 Å². The summed E-state index contributed by atoms with van der Waals surface area (Å²) in [6.45, 7) is 6.80. The van der Waals surface area contributed by atoms with Gasteiger partial charge in [0, 0.05) is 6.08 Å². The zero-order chi connectivity index (χ0) is 18.3. The van der Waals surface area contributed by atoms with E-state index < -0.39 is 0 Å². The Morgan fingerprint density at radius 1 is 1.15 bits per heavy atom. The van der Waals surface area contributed by atoms with Gasteiger partial charge in [0.05, 0.1) is 18.2 Å². The molecule has 136 valence electrons. The Labute approximate surface area is 152 Å². The van der Waals surface area contributed by atoms with Gasteiger partial charge < -0.3 is 24.1 Å². The van der Waals surface area contributed by atoms with E-state index in [-0.39, 0.29) is 17.3 Å². The van der Waals surface area contributed by atoms with Crippen LogP contribution in [0.1, 0.15) is 27.4 Å². The Hall–Kier alpha value is -2.57. The van der Waals surface area contributed by atoms with Crippen molar-refractivity contribution in [2.24, 2.45) is 0 Å². The lowest BCUT2D eigenvalue weighted by Gasteiger charge is -2.27. The van der Waals surface area contributed by atoms with E-state index in [1.54, 1.807) is 24.3 Å². The highest BCUT2D eigenvalue weighted by atomic mass is 16.5. The number of Topliss-reactive ketones (excluding diaryl/α,β-unsaturated/α-hetero) is 1. The summed E-state index contributed by atoms with van der Waals surface area (Å²) in [6, 6.07) is 6.87. The molecule has 1 fully saturated rings. The number of ether oxygens (including phenoxy) is 1. The van der Waals surface area contributed by atoms with Gasteiger partial charge in [-0.1, -0.05) is 0 Å². The number of quaternary nitrogens is 2. The fraction of sp³-hybridized carbons (Fsp3) is 0.350. The summed E-state index contributed by atoms with van der Waals surface area (Å²) in [7, 11) is 2.20. The molecule has 3 heterocycles. The number of furan rings is 1. The number of nitrogens with one attached hydrogen (secondary N) is 2. The molecule has 2 aliphatic heterocycles. The summed E-state index contributed by atoms with van der Waals surface area (Å²) in [6.07, 6.45) is 1.61. The van der Waals surface area contributed by atoms with Crippen molar-refractivity contribution in [2.75, 3.05) is 33.2 Å². The third-order valence-electron chi connectivity index (χ3n) is 5.19. The zero-order valence-corrected chi connectivity index (χ0v) is 15.1. The van der Waals surface area contributed by atoms with Crippen LogP contribution in [0.5, 0.6) is 11.5 Å². The smallest absolute Gasteiger partial charge is 0.232 e. The standard InChI is InChI=1S/C20H22N2O4/c1-13-3-4-14(25-13)11-18-19(24)15-5-6-17(23)16(20(15)26-18)12-22-9-7-21(2)8-10-22/h3-6,11,23H,7-10,12H2,1-2H3/p+2/b18-11-. The van der Waals surface area contributed by atoms with Gasteiger partial charge in [-0.2, -0.15) is 0 Å². The molecule has 1 saturated heterocycles. The lowest BCUT2D eigenvalue weighted by Crippen LogP contribution is -3.26. The van der Waals surface area contributed by atoms with Gasteiger partial charge in [0.1, 0.15) is 50.0 Å². The van der Waals surface area contributed by atoms with Crippen LogP contribution < -0.4 is 14.5 Å². The number of aromatic hydroxyl groups is 1. The van der Waals surface area contributed by atoms with Gasteiger partial charge in [-0.05, 0) is 31.2 Å². The normalized spacial score (nSPS) is 23.9. The minimum absolute atomic E-state index is 0.173. The van der Waals surface area contributed by atoms with Crippen molar-refractivity contribution in [3.63, 3.8) is 0 Å². The van der Waals surface area contributed by atoms with Gasteiger partial charge in [-0.25, -0.2) is 0 Å². The molecule has 2 aromatic rings. The molecular weight excluding hydrogens is 332 g/mol. The third kappa shape index (κ3) is 3.13. The average molecular weight is 356 g/mol. The molecule has 6 nitrogen and oxygen atoms in total. The van der Waals surface area contributed by atoms with Crippen LogP contribution in [0.25, 0.3) is 6.08 Å². The minimum Gasteiger partial charge on any atom is -0.507 e. The number of hydrogen-bond acceptors (Lipinski definition) is 4. The molecule has 2 aliphatic rings. The molecule has 6 heteroatoms. The number of piperazine rings is 1. The number of aryl methyl sites for hydroxylation is 1. The molecule has 4 rings (SSSR count). The second kappa shape index (κ2) is 6.63. The molecule has 0 spiro atoms. The highest BCUT2D eigenvalue weighted by Gasteiger charge is 2.33. The van der Waals surface area contributed by atoms with E-state index in [1.807, 2.05) is 13.0 Å². The maximum atomic E-state index is 12.7. The van der Waals surface area contributed by atoms with Crippen LogP contribution in [-0.4, -0.2) is 44.1 Å². The number of rotatable bonds is 3. The van der Waals surface area contributed by atoms with Crippen LogP contribution in [0.4, 0.5) is 0 Å². The predicted molar refractivity (Wildman–Crippen MR) is 95.5 cm³/mol. The number of allylic oxidation sites excluding steroid dienone is 1. The van der Waals surface area contributed by atoms with E-state index in [2.05, 4.69) is 7.05 Å². The van der Waals surface area contributed by atoms with Gasteiger partial charge in [-0.3, -0.25) is 4.79 Å². The van der Waals surface area contributed by atoms with Crippen LogP contribution in [0.15, 0.2) is 34.4 Å². The number of benzene rings is 1. The van der Waals surface area contributed by atoms with Gasteiger partial charge in [0.25, 0.3) is 0 Å². The molecule has 0 atom stereocenters. The number of likely N-dealkylation sites (N-methyl/N-ethyl adjacent to an activating group) is 1. The number of hydrogen-bond donors (Lipinski definition) is 3. The second-order valence-corrected chi connectivity index (χ2v) is 7.21. The van der Waals surface area contributed by atoms with Crippen LogP contribution in [0.2, 0.25) is 0 Å². The van der Waals surface area contributed by atoms with Gasteiger partial charge in [0.2, 0.25) is 5.78 Å². The Balaban J connectivity index is 1.62. The molecule has 1 aromatic heterocycles. The van der Waals surface area contributed by atoms with Crippen LogP contribution >= 0.6 is 0 Å². The maximum Gasteiger partial charge on any atom is 0.232 e. The molecular formula is C20H24N2O4+2. The van der Waals surface area contributed by atoms with Crippen LogP contribution in [-0.2, 0) is 6.54 Å². The summed E-state index contributed by atoms with van der Waals surface area (Å²) >= 11 is 0. The van der Waals surface area contributed by atoms with Crippen LogP contribution in [0, 0.1) is 6.92 Å². The highest BCUT2D eigenvalue weighted by Crippen LogP contribution is 2.39. The number of ketones is 1. The number of carbonyl (C=O) groups excluding carboxylic acids is 1. The van der Waals surface area contributed by atoms with Crippen molar-refractivity contribution in [1.29, 1.82) is 0 Å². The van der Waals surface area contributed by atoms with Crippen molar-refractivity contribution in [2.45, 2.75) is 13.5 Å². The van der Waals surface area contributed by atoms with E-state index in [9.17, 15) is 9.90 Å². The van der Waals surface area contributed by atoms with Gasteiger partial charge in [0.15, 0.2) is 11.5 Å². The summed E-state index contributed by atoms with van der Waals surface area (Å²) in [5.74, 6) is 2.09. The molecule has 0 amide bonds. The lowest BCUT2D eigenvalue weighted by molar-refractivity contribution is -1.01. The lowest BCUT2D eigenvalue weighted by atomic mass is 10.0. The van der Waals surface area contributed by atoms with Crippen LogP contribution in [0.3, 0.4) is 0 Å². The quantitative estimate of drug-likeness (QED) is 0.668. The Morgan fingerprint density at radius 3 is 2.62 bits per heavy atom. The molecule has 1 aromatic carbocycles.